The van der Waals surface area contributed by atoms with Crippen LogP contribution in [0, 0.1) is 32.6 Å². The van der Waals surface area contributed by atoms with Gasteiger partial charge in [-0.15, -0.1) is 0 Å². The zero-order valence-electron chi connectivity index (χ0n) is 21.2. The van der Waals surface area contributed by atoms with Gasteiger partial charge in [0.25, 0.3) is 0 Å². The molecule has 2 fully saturated rings. The minimum absolute atomic E-state index is 0.0151. The van der Waals surface area contributed by atoms with Crippen LogP contribution in [0.3, 0.4) is 0 Å². The summed E-state index contributed by atoms with van der Waals surface area (Å²) in [5.74, 6) is 0.0645. The average molecular weight is 492 g/mol. The van der Waals surface area contributed by atoms with Gasteiger partial charge in [0.05, 0.1) is 4.90 Å². The highest BCUT2D eigenvalue weighted by Gasteiger charge is 2.36. The lowest BCUT2D eigenvalue weighted by molar-refractivity contribution is -0.140. The molecule has 1 N–H and O–H groups in total. The lowest BCUT2D eigenvalue weighted by Crippen LogP contribution is -2.48. The lowest BCUT2D eigenvalue weighted by atomic mass is 9.92. The van der Waals surface area contributed by atoms with E-state index in [9.17, 15) is 18.0 Å². The second-order valence-electron chi connectivity index (χ2n) is 10.0. The van der Waals surface area contributed by atoms with Gasteiger partial charge in [0, 0.05) is 44.6 Å². The van der Waals surface area contributed by atoms with Crippen LogP contribution in [0.5, 0.6) is 0 Å². The number of rotatable bonds is 8. The molecule has 0 saturated carbocycles. The number of benzene rings is 1. The highest BCUT2D eigenvalue weighted by molar-refractivity contribution is 7.89. The molecule has 0 atom stereocenters. The third-order valence-corrected chi connectivity index (χ3v) is 9.47. The molecule has 8 heteroatoms. The fourth-order valence-corrected chi connectivity index (χ4v) is 7.28. The number of amides is 2. The number of hydrogen-bond acceptors (Lipinski definition) is 4. The first-order valence-electron chi connectivity index (χ1n) is 12.8. The van der Waals surface area contributed by atoms with E-state index < -0.39 is 10.0 Å². The van der Waals surface area contributed by atoms with Crippen molar-refractivity contribution in [2.45, 2.75) is 77.5 Å². The molecule has 2 saturated heterocycles. The van der Waals surface area contributed by atoms with Crippen molar-refractivity contribution in [1.29, 1.82) is 0 Å². The molecule has 0 bridgehead atoms. The normalized spacial score (nSPS) is 18.8. The van der Waals surface area contributed by atoms with Crippen molar-refractivity contribution in [2.24, 2.45) is 11.8 Å². The Morgan fingerprint density at radius 3 is 2.03 bits per heavy atom. The van der Waals surface area contributed by atoms with E-state index in [-0.39, 0.29) is 23.7 Å². The summed E-state index contributed by atoms with van der Waals surface area (Å²) in [5.41, 5.74) is 2.59. The zero-order chi connectivity index (χ0) is 24.9. The molecule has 0 aliphatic carbocycles. The summed E-state index contributed by atoms with van der Waals surface area (Å²) in [5, 5.41) is 3.03. The smallest absolute Gasteiger partial charge is 0.243 e. The third kappa shape index (κ3) is 6.19. The second kappa shape index (κ2) is 11.7. The molecule has 0 aromatic heterocycles. The van der Waals surface area contributed by atoms with E-state index in [2.05, 4.69) is 12.2 Å². The van der Waals surface area contributed by atoms with Crippen LogP contribution in [0.15, 0.2) is 17.0 Å². The maximum Gasteiger partial charge on any atom is 0.243 e. The largest absolute Gasteiger partial charge is 0.356 e. The Bertz CT molecular complexity index is 953. The number of likely N-dealkylation sites (tertiary alicyclic amines) is 1. The number of nitrogens with zero attached hydrogens (tertiary/aromatic N) is 2. The van der Waals surface area contributed by atoms with Crippen molar-refractivity contribution < 1.29 is 18.0 Å². The molecule has 34 heavy (non-hydrogen) atoms. The molecule has 1 aromatic carbocycles. The Labute approximate surface area is 205 Å². The van der Waals surface area contributed by atoms with E-state index >= 15 is 0 Å². The van der Waals surface area contributed by atoms with Crippen LogP contribution in [-0.4, -0.2) is 62.2 Å². The van der Waals surface area contributed by atoms with Gasteiger partial charge in [-0.3, -0.25) is 9.59 Å². The van der Waals surface area contributed by atoms with Gasteiger partial charge in [0.1, 0.15) is 0 Å². The number of hydrogen-bond donors (Lipinski definition) is 1. The average Bonchev–Trinajstić information content (AvgIpc) is 2.80. The fourth-order valence-electron chi connectivity index (χ4n) is 5.40. The van der Waals surface area contributed by atoms with Crippen LogP contribution in [0.25, 0.3) is 0 Å². The van der Waals surface area contributed by atoms with Gasteiger partial charge < -0.3 is 10.2 Å². The second-order valence-corrected chi connectivity index (χ2v) is 11.9. The standard InChI is InChI=1S/C26H41N3O4S/c1-5-6-7-12-27-25(30)22-8-13-28(14-9-22)26(31)23-10-15-29(16-11-23)34(32,33)24-20(3)17-19(2)18-21(24)4/h17-18,22-23H,5-16H2,1-4H3,(H,27,30). The fraction of sp³-hybridized carbons (Fsp3) is 0.692. The van der Waals surface area contributed by atoms with Crippen LogP contribution in [0.4, 0.5) is 0 Å². The van der Waals surface area contributed by atoms with Gasteiger partial charge in [-0.2, -0.15) is 4.31 Å². The summed E-state index contributed by atoms with van der Waals surface area (Å²) >= 11 is 0. The summed E-state index contributed by atoms with van der Waals surface area (Å²) < 4.78 is 28.2. The molecule has 0 spiro atoms. The maximum absolute atomic E-state index is 13.3. The van der Waals surface area contributed by atoms with E-state index in [1.807, 2.05) is 37.8 Å². The van der Waals surface area contributed by atoms with E-state index in [0.717, 1.165) is 42.5 Å². The Hall–Kier alpha value is -1.93. The Kier molecular flexibility index (Phi) is 9.15. The molecule has 3 rings (SSSR count). The van der Waals surface area contributed by atoms with E-state index in [1.165, 1.54) is 4.31 Å². The number of piperidine rings is 2. The van der Waals surface area contributed by atoms with Crippen LogP contribution in [0.1, 0.15) is 68.6 Å². The molecule has 190 valence electrons. The number of unbranched alkanes of at least 4 members (excludes halogenated alkanes) is 2. The van der Waals surface area contributed by atoms with E-state index in [1.54, 1.807) is 0 Å². The molecule has 2 heterocycles. The SMILES string of the molecule is CCCCCNC(=O)C1CCN(C(=O)C2CCN(S(=O)(=O)c3c(C)cc(C)cc3C)CC2)CC1. The van der Waals surface area contributed by atoms with Crippen molar-refractivity contribution in [1.82, 2.24) is 14.5 Å². The number of carbonyl (C=O) groups excluding carboxylic acids is 2. The molecule has 0 unspecified atom stereocenters. The van der Waals surface area contributed by atoms with Crippen molar-refractivity contribution in [3.63, 3.8) is 0 Å². The summed E-state index contributed by atoms with van der Waals surface area (Å²) in [6, 6.07) is 3.82. The molecular formula is C26H41N3O4S. The highest BCUT2D eigenvalue weighted by atomic mass is 32.2. The molecule has 2 aliphatic rings. The van der Waals surface area contributed by atoms with Crippen LogP contribution in [0.2, 0.25) is 0 Å². The minimum atomic E-state index is -3.58. The first kappa shape index (κ1) is 26.7. The van der Waals surface area contributed by atoms with Gasteiger partial charge in [-0.05, 0) is 64.0 Å². The zero-order valence-corrected chi connectivity index (χ0v) is 22.0. The lowest BCUT2D eigenvalue weighted by Gasteiger charge is -2.37. The Balaban J connectivity index is 1.50. The van der Waals surface area contributed by atoms with Gasteiger partial charge in [-0.1, -0.05) is 37.5 Å². The predicted molar refractivity (Wildman–Crippen MR) is 134 cm³/mol. The number of carbonyl (C=O) groups is 2. The van der Waals surface area contributed by atoms with Gasteiger partial charge in [0.2, 0.25) is 21.8 Å². The van der Waals surface area contributed by atoms with Crippen molar-refractivity contribution in [3.8, 4) is 0 Å². The maximum atomic E-state index is 13.3. The first-order chi connectivity index (χ1) is 16.1. The molecule has 1 aromatic rings. The van der Waals surface area contributed by atoms with E-state index in [0.29, 0.717) is 56.8 Å². The molecule has 0 radical (unpaired) electrons. The van der Waals surface area contributed by atoms with Gasteiger partial charge in [-0.25, -0.2) is 8.42 Å². The van der Waals surface area contributed by atoms with Crippen LogP contribution < -0.4 is 5.32 Å². The Morgan fingerprint density at radius 1 is 0.912 bits per heavy atom. The van der Waals surface area contributed by atoms with Crippen molar-refractivity contribution >= 4 is 21.8 Å². The van der Waals surface area contributed by atoms with E-state index in [4.69, 9.17) is 0 Å². The van der Waals surface area contributed by atoms with Crippen LogP contribution in [-0.2, 0) is 19.6 Å². The monoisotopic (exact) mass is 491 g/mol. The molecule has 2 amide bonds. The van der Waals surface area contributed by atoms with Gasteiger partial charge >= 0.3 is 0 Å². The number of nitrogens with one attached hydrogen (secondary N) is 1. The number of aryl methyl sites for hydroxylation is 3. The summed E-state index contributed by atoms with van der Waals surface area (Å²) in [6.07, 6.45) is 5.75. The summed E-state index contributed by atoms with van der Waals surface area (Å²) in [4.78, 5) is 27.8. The first-order valence-corrected chi connectivity index (χ1v) is 14.2. The molecule has 2 aliphatic heterocycles. The third-order valence-electron chi connectivity index (χ3n) is 7.26. The minimum Gasteiger partial charge on any atom is -0.356 e. The van der Waals surface area contributed by atoms with Gasteiger partial charge in [0.15, 0.2) is 0 Å². The van der Waals surface area contributed by atoms with Crippen LogP contribution >= 0.6 is 0 Å². The quantitative estimate of drug-likeness (QED) is 0.564. The number of sulfonamides is 1. The molecule has 7 nitrogen and oxygen atoms in total. The summed E-state index contributed by atoms with van der Waals surface area (Å²) in [7, 11) is -3.58. The Morgan fingerprint density at radius 2 is 1.47 bits per heavy atom. The topological polar surface area (TPSA) is 86.8 Å². The van der Waals surface area contributed by atoms with Crippen molar-refractivity contribution in [2.75, 3.05) is 32.7 Å². The summed E-state index contributed by atoms with van der Waals surface area (Å²) in [6.45, 7) is 10.5. The highest BCUT2D eigenvalue weighted by Crippen LogP contribution is 2.30. The van der Waals surface area contributed by atoms with Crippen molar-refractivity contribution in [3.05, 3.63) is 28.8 Å². The predicted octanol–water partition coefficient (Wildman–Crippen LogP) is 3.56. The molecular weight excluding hydrogens is 450 g/mol.